The maximum atomic E-state index is 10.5. The second-order valence-electron chi connectivity index (χ2n) is 5.12. The highest BCUT2D eigenvalue weighted by Gasteiger charge is 2.21. The number of ether oxygens (including phenoxy) is 2. The number of hydrogen-bond donors (Lipinski definition) is 2. The van der Waals surface area contributed by atoms with Crippen LogP contribution in [0.25, 0.3) is 0 Å². The fraction of sp³-hybridized carbons (Fsp3) is 0.625. The van der Waals surface area contributed by atoms with Crippen molar-refractivity contribution >= 4 is 0 Å². The molecule has 0 aromatic heterocycles. The Labute approximate surface area is 122 Å². The van der Waals surface area contributed by atoms with Crippen molar-refractivity contribution in [2.45, 2.75) is 52.8 Å². The first kappa shape index (κ1) is 16.8. The summed E-state index contributed by atoms with van der Waals surface area (Å²) in [5.41, 5.74) is 0.762. The maximum Gasteiger partial charge on any atom is 0.125 e. The van der Waals surface area contributed by atoms with Crippen LogP contribution >= 0.6 is 0 Å². The van der Waals surface area contributed by atoms with Gasteiger partial charge in [-0.2, -0.15) is 0 Å². The molecule has 0 unspecified atom stereocenters. The second kappa shape index (κ2) is 8.12. The first-order valence-electron chi connectivity index (χ1n) is 7.33. The molecular weight excluding hydrogens is 254 g/mol. The Kier molecular flexibility index (Phi) is 6.82. The number of aliphatic hydroxyl groups excluding tert-OH is 1. The number of nitrogens with one attached hydrogen (secondary N) is 1. The summed E-state index contributed by atoms with van der Waals surface area (Å²) in [6.07, 6.45) is -0.639. The van der Waals surface area contributed by atoms with Crippen LogP contribution in [-0.4, -0.2) is 30.4 Å². The number of benzene rings is 1. The molecule has 0 fully saturated rings. The molecule has 2 N–H and O–H groups in total. The fourth-order valence-corrected chi connectivity index (χ4v) is 2.19. The summed E-state index contributed by atoms with van der Waals surface area (Å²) < 4.78 is 11.1. The summed E-state index contributed by atoms with van der Waals surface area (Å²) >= 11 is 0. The first-order valence-corrected chi connectivity index (χ1v) is 7.33. The van der Waals surface area contributed by atoms with E-state index in [1.54, 1.807) is 0 Å². The Bertz CT molecular complexity index is 407. The fourth-order valence-electron chi connectivity index (χ4n) is 2.19. The van der Waals surface area contributed by atoms with Crippen molar-refractivity contribution in [3.8, 4) is 11.5 Å². The number of rotatable bonds is 8. The van der Waals surface area contributed by atoms with Gasteiger partial charge >= 0.3 is 0 Å². The molecule has 0 spiro atoms. The predicted octanol–water partition coefficient (Wildman–Crippen LogP) is 2.90. The van der Waals surface area contributed by atoms with Gasteiger partial charge in [0, 0.05) is 17.6 Å². The van der Waals surface area contributed by atoms with Crippen LogP contribution in [0, 0.1) is 0 Å². The molecule has 0 amide bonds. The molecule has 1 aromatic carbocycles. The van der Waals surface area contributed by atoms with Crippen molar-refractivity contribution < 1.29 is 14.6 Å². The summed E-state index contributed by atoms with van der Waals surface area (Å²) in [4.78, 5) is 0. The van der Waals surface area contributed by atoms with Gasteiger partial charge < -0.3 is 19.9 Å². The van der Waals surface area contributed by atoms with E-state index < -0.39 is 6.10 Å². The smallest absolute Gasteiger partial charge is 0.125 e. The van der Waals surface area contributed by atoms with E-state index >= 15 is 0 Å². The molecule has 0 saturated carbocycles. The van der Waals surface area contributed by atoms with Crippen LogP contribution in [0.3, 0.4) is 0 Å². The molecule has 1 rings (SSSR count). The van der Waals surface area contributed by atoms with E-state index in [9.17, 15) is 5.11 Å². The predicted molar refractivity (Wildman–Crippen MR) is 81.5 cm³/mol. The van der Waals surface area contributed by atoms with Gasteiger partial charge in [0.05, 0.1) is 19.3 Å². The van der Waals surface area contributed by atoms with Crippen molar-refractivity contribution in [3.63, 3.8) is 0 Å². The number of aliphatic hydroxyl groups is 1. The minimum Gasteiger partial charge on any atom is -0.494 e. The van der Waals surface area contributed by atoms with Crippen LogP contribution in [0.5, 0.6) is 11.5 Å². The minimum atomic E-state index is -0.639. The van der Waals surface area contributed by atoms with Gasteiger partial charge in [-0.05, 0) is 39.0 Å². The molecule has 2 atom stereocenters. The van der Waals surface area contributed by atoms with Crippen LogP contribution in [0.4, 0.5) is 0 Å². The lowest BCUT2D eigenvalue weighted by atomic mass is 10.0. The molecule has 114 valence electrons. The van der Waals surface area contributed by atoms with Gasteiger partial charge in [-0.15, -0.1) is 0 Å². The molecule has 20 heavy (non-hydrogen) atoms. The molecule has 4 nitrogen and oxygen atoms in total. The van der Waals surface area contributed by atoms with E-state index in [1.165, 1.54) is 0 Å². The summed E-state index contributed by atoms with van der Waals surface area (Å²) in [6.45, 7) is 11.1. The average molecular weight is 281 g/mol. The quantitative estimate of drug-likeness (QED) is 0.769. The van der Waals surface area contributed by atoms with Crippen molar-refractivity contribution in [2.24, 2.45) is 0 Å². The molecule has 0 heterocycles. The van der Waals surface area contributed by atoms with Gasteiger partial charge in [0.2, 0.25) is 0 Å². The van der Waals surface area contributed by atoms with E-state index in [0.29, 0.717) is 25.0 Å². The summed E-state index contributed by atoms with van der Waals surface area (Å²) in [7, 11) is 0. The monoisotopic (exact) mass is 281 g/mol. The molecular formula is C16H27NO3. The van der Waals surface area contributed by atoms with Gasteiger partial charge in [-0.1, -0.05) is 13.8 Å². The van der Waals surface area contributed by atoms with Gasteiger partial charge in [-0.25, -0.2) is 0 Å². The molecule has 0 aliphatic heterocycles. The highest BCUT2D eigenvalue weighted by molar-refractivity contribution is 5.42. The topological polar surface area (TPSA) is 50.7 Å². The highest BCUT2D eigenvalue weighted by atomic mass is 16.5. The largest absolute Gasteiger partial charge is 0.494 e. The van der Waals surface area contributed by atoms with Crippen molar-refractivity contribution in [1.82, 2.24) is 5.32 Å². The normalized spacial score (nSPS) is 14.2. The molecule has 4 heteroatoms. The third-order valence-electron chi connectivity index (χ3n) is 2.98. The van der Waals surface area contributed by atoms with Crippen LogP contribution in [0.2, 0.25) is 0 Å². The molecule has 0 radical (unpaired) electrons. The minimum absolute atomic E-state index is 0.0638. The van der Waals surface area contributed by atoms with Crippen LogP contribution < -0.4 is 14.8 Å². The lowest BCUT2D eigenvalue weighted by Crippen LogP contribution is -2.37. The Morgan fingerprint density at radius 1 is 1.10 bits per heavy atom. The molecule has 0 bridgehead atoms. The maximum absolute atomic E-state index is 10.5. The zero-order valence-electron chi connectivity index (χ0n) is 13.1. The van der Waals surface area contributed by atoms with E-state index in [4.69, 9.17) is 9.47 Å². The van der Waals surface area contributed by atoms with Gasteiger partial charge in [0.15, 0.2) is 0 Å². The summed E-state index contributed by atoms with van der Waals surface area (Å²) in [5.74, 6) is 1.46. The van der Waals surface area contributed by atoms with Crippen molar-refractivity contribution in [1.29, 1.82) is 0 Å². The molecule has 0 aliphatic carbocycles. The van der Waals surface area contributed by atoms with Gasteiger partial charge in [-0.3, -0.25) is 0 Å². The standard InChI is InChI=1S/C16H27NO3/c1-6-19-13-8-9-15(20-7-2)14(10-13)16(18)12(5)17-11(3)4/h8-12,16-18H,6-7H2,1-5H3/t12-,16+/m0/s1. The molecule has 0 aliphatic rings. The van der Waals surface area contributed by atoms with E-state index in [2.05, 4.69) is 19.2 Å². The third kappa shape index (κ3) is 4.69. The SMILES string of the molecule is CCOc1ccc(OCC)c([C@H](O)[C@H](C)NC(C)C)c1. The van der Waals surface area contributed by atoms with Crippen LogP contribution in [0.1, 0.15) is 46.3 Å². The van der Waals surface area contributed by atoms with Gasteiger partial charge in [0.25, 0.3) is 0 Å². The molecule has 1 aromatic rings. The zero-order chi connectivity index (χ0) is 15.1. The lowest BCUT2D eigenvalue weighted by molar-refractivity contribution is 0.127. The Morgan fingerprint density at radius 2 is 1.75 bits per heavy atom. The number of hydrogen-bond acceptors (Lipinski definition) is 4. The Balaban J connectivity index is 3.00. The summed E-state index contributed by atoms with van der Waals surface area (Å²) in [6, 6.07) is 5.83. The highest BCUT2D eigenvalue weighted by Crippen LogP contribution is 2.31. The van der Waals surface area contributed by atoms with Crippen molar-refractivity contribution in [3.05, 3.63) is 23.8 Å². The Hall–Kier alpha value is -1.26. The van der Waals surface area contributed by atoms with Crippen LogP contribution in [0.15, 0.2) is 18.2 Å². The van der Waals surface area contributed by atoms with E-state index in [1.807, 2.05) is 39.0 Å². The molecule has 0 saturated heterocycles. The van der Waals surface area contributed by atoms with E-state index in [-0.39, 0.29) is 6.04 Å². The summed E-state index contributed by atoms with van der Waals surface area (Å²) in [5, 5.41) is 13.9. The lowest BCUT2D eigenvalue weighted by Gasteiger charge is -2.25. The van der Waals surface area contributed by atoms with Crippen molar-refractivity contribution in [2.75, 3.05) is 13.2 Å². The van der Waals surface area contributed by atoms with Gasteiger partial charge in [0.1, 0.15) is 11.5 Å². The van der Waals surface area contributed by atoms with E-state index in [0.717, 1.165) is 11.3 Å². The van der Waals surface area contributed by atoms with Crippen LogP contribution in [-0.2, 0) is 0 Å². The zero-order valence-corrected chi connectivity index (χ0v) is 13.1. The Morgan fingerprint density at radius 3 is 2.30 bits per heavy atom. The second-order valence-corrected chi connectivity index (χ2v) is 5.12. The third-order valence-corrected chi connectivity index (χ3v) is 2.98. The first-order chi connectivity index (χ1) is 9.49. The average Bonchev–Trinajstić information content (AvgIpc) is 2.39.